The molecule has 0 aromatic carbocycles. The first-order valence-electron chi connectivity index (χ1n) is 3.07. The van der Waals surface area contributed by atoms with E-state index < -0.39 is 5.82 Å². The van der Waals surface area contributed by atoms with Crippen molar-refractivity contribution >= 4 is 11.7 Å². The molecule has 0 aliphatic rings. The van der Waals surface area contributed by atoms with Gasteiger partial charge in [0.25, 0.3) is 0 Å². The second-order valence-corrected chi connectivity index (χ2v) is 2.04. The molecule has 4 heteroatoms. The molecule has 0 aliphatic heterocycles. The summed E-state index contributed by atoms with van der Waals surface area (Å²) < 4.78 is 12.4. The number of rotatable bonds is 1. The summed E-state index contributed by atoms with van der Waals surface area (Å²) in [6.07, 6.45) is 1.29. The van der Waals surface area contributed by atoms with E-state index in [4.69, 9.17) is 0 Å². The lowest BCUT2D eigenvalue weighted by atomic mass is 10.4. The lowest BCUT2D eigenvalue weighted by Gasteiger charge is -1.98. The standard InChI is InChI=1S/C7H7FN2O/c1-5(11)10-7-4-6(8)2-3-9-7/h2-4H,1H3,(H,9,10,11). The SMILES string of the molecule is CC(=O)Nc1cc(F)ccn1. The van der Waals surface area contributed by atoms with Gasteiger partial charge in [-0.3, -0.25) is 4.79 Å². The molecule has 1 rings (SSSR count). The zero-order valence-electron chi connectivity index (χ0n) is 5.97. The maximum atomic E-state index is 12.4. The van der Waals surface area contributed by atoms with Crippen molar-refractivity contribution < 1.29 is 9.18 Å². The minimum atomic E-state index is -0.413. The summed E-state index contributed by atoms with van der Waals surface area (Å²) in [5, 5.41) is 2.36. The van der Waals surface area contributed by atoms with E-state index >= 15 is 0 Å². The molecule has 0 bridgehead atoms. The Bertz CT molecular complexity index is 275. The van der Waals surface area contributed by atoms with Crippen molar-refractivity contribution in [3.63, 3.8) is 0 Å². The van der Waals surface area contributed by atoms with Gasteiger partial charge in [-0.15, -0.1) is 0 Å². The summed E-state index contributed by atoms with van der Waals surface area (Å²) in [5.41, 5.74) is 0. The molecule has 0 saturated heterocycles. The third kappa shape index (κ3) is 2.33. The molecule has 1 N–H and O–H groups in total. The van der Waals surface area contributed by atoms with Gasteiger partial charge in [0.2, 0.25) is 5.91 Å². The molecule has 0 atom stereocenters. The van der Waals surface area contributed by atoms with E-state index in [1.807, 2.05) is 0 Å². The van der Waals surface area contributed by atoms with Crippen molar-refractivity contribution in [2.24, 2.45) is 0 Å². The van der Waals surface area contributed by atoms with E-state index in [0.717, 1.165) is 6.07 Å². The molecule has 58 valence electrons. The minimum Gasteiger partial charge on any atom is -0.311 e. The fraction of sp³-hybridized carbons (Fsp3) is 0.143. The fourth-order valence-corrected chi connectivity index (χ4v) is 0.653. The number of halogens is 1. The first-order chi connectivity index (χ1) is 5.18. The molecule has 11 heavy (non-hydrogen) atoms. The van der Waals surface area contributed by atoms with Crippen molar-refractivity contribution in [2.45, 2.75) is 6.92 Å². The van der Waals surface area contributed by atoms with Crippen LogP contribution in [0.5, 0.6) is 0 Å². The Labute approximate surface area is 63.3 Å². The Morgan fingerprint density at radius 1 is 1.73 bits per heavy atom. The van der Waals surface area contributed by atoms with Crippen molar-refractivity contribution in [3.05, 3.63) is 24.1 Å². The fourth-order valence-electron chi connectivity index (χ4n) is 0.653. The lowest BCUT2D eigenvalue weighted by Crippen LogP contribution is -2.07. The molecule has 0 spiro atoms. The summed E-state index contributed by atoms with van der Waals surface area (Å²) in [4.78, 5) is 14.2. The summed E-state index contributed by atoms with van der Waals surface area (Å²) in [5.74, 6) is -0.440. The predicted octanol–water partition coefficient (Wildman–Crippen LogP) is 1.18. The highest BCUT2D eigenvalue weighted by Crippen LogP contribution is 2.03. The zero-order chi connectivity index (χ0) is 8.27. The number of hydrogen-bond donors (Lipinski definition) is 1. The van der Waals surface area contributed by atoms with Gasteiger partial charge in [0.15, 0.2) is 0 Å². The molecule has 0 unspecified atom stereocenters. The highest BCUT2D eigenvalue weighted by atomic mass is 19.1. The highest BCUT2D eigenvalue weighted by Gasteiger charge is 1.96. The molecule has 1 heterocycles. The van der Waals surface area contributed by atoms with Gasteiger partial charge in [0, 0.05) is 19.2 Å². The number of amides is 1. The Kier molecular flexibility index (Phi) is 2.15. The molecule has 0 aliphatic carbocycles. The zero-order valence-corrected chi connectivity index (χ0v) is 5.97. The molecule has 0 radical (unpaired) electrons. The third-order valence-corrected chi connectivity index (χ3v) is 1.03. The molecule has 0 fully saturated rings. The average molecular weight is 154 g/mol. The summed E-state index contributed by atoms with van der Waals surface area (Å²) >= 11 is 0. The topological polar surface area (TPSA) is 42.0 Å². The average Bonchev–Trinajstić information content (AvgIpc) is 1.85. The van der Waals surface area contributed by atoms with Crippen molar-refractivity contribution in [3.8, 4) is 0 Å². The van der Waals surface area contributed by atoms with E-state index in [1.54, 1.807) is 0 Å². The number of carbonyl (C=O) groups excluding carboxylic acids is 1. The van der Waals surface area contributed by atoms with Crippen LogP contribution in [-0.4, -0.2) is 10.9 Å². The summed E-state index contributed by atoms with van der Waals surface area (Å²) in [6, 6.07) is 2.37. The predicted molar refractivity (Wildman–Crippen MR) is 38.5 cm³/mol. The second-order valence-electron chi connectivity index (χ2n) is 2.04. The first kappa shape index (κ1) is 7.65. The van der Waals surface area contributed by atoms with Gasteiger partial charge in [0.05, 0.1) is 0 Å². The number of hydrogen-bond acceptors (Lipinski definition) is 2. The Balaban J connectivity index is 2.79. The molecular weight excluding hydrogens is 147 g/mol. The van der Waals surface area contributed by atoms with E-state index in [0.29, 0.717) is 0 Å². The second kappa shape index (κ2) is 3.09. The van der Waals surface area contributed by atoms with E-state index in [9.17, 15) is 9.18 Å². The van der Waals surface area contributed by atoms with E-state index in [1.165, 1.54) is 19.2 Å². The van der Waals surface area contributed by atoms with Crippen LogP contribution in [0.3, 0.4) is 0 Å². The normalized spacial score (nSPS) is 9.27. The molecule has 1 amide bonds. The van der Waals surface area contributed by atoms with E-state index in [-0.39, 0.29) is 11.7 Å². The summed E-state index contributed by atoms with van der Waals surface area (Å²) in [7, 11) is 0. The third-order valence-electron chi connectivity index (χ3n) is 1.03. The quantitative estimate of drug-likeness (QED) is 0.659. The van der Waals surface area contributed by atoms with Gasteiger partial charge >= 0.3 is 0 Å². The van der Waals surface area contributed by atoms with Crippen LogP contribution < -0.4 is 5.32 Å². The van der Waals surface area contributed by atoms with Crippen LogP contribution in [0, 0.1) is 5.82 Å². The number of nitrogens with one attached hydrogen (secondary N) is 1. The Morgan fingerprint density at radius 3 is 3.00 bits per heavy atom. The van der Waals surface area contributed by atoms with Crippen LogP contribution in [0.1, 0.15) is 6.92 Å². The molecule has 1 aromatic heterocycles. The maximum Gasteiger partial charge on any atom is 0.222 e. The molecular formula is C7H7FN2O. The van der Waals surface area contributed by atoms with Crippen LogP contribution in [0.4, 0.5) is 10.2 Å². The van der Waals surface area contributed by atoms with Crippen LogP contribution in [0.15, 0.2) is 18.3 Å². The van der Waals surface area contributed by atoms with Crippen molar-refractivity contribution in [1.82, 2.24) is 4.98 Å². The number of aromatic nitrogens is 1. The molecule has 3 nitrogen and oxygen atoms in total. The highest BCUT2D eigenvalue weighted by molar-refractivity contribution is 5.87. The largest absolute Gasteiger partial charge is 0.311 e. The Morgan fingerprint density at radius 2 is 2.45 bits per heavy atom. The van der Waals surface area contributed by atoms with Gasteiger partial charge in [-0.1, -0.05) is 0 Å². The first-order valence-corrected chi connectivity index (χ1v) is 3.07. The van der Waals surface area contributed by atoms with Crippen LogP contribution in [-0.2, 0) is 4.79 Å². The molecule has 1 aromatic rings. The summed E-state index contributed by atoms with van der Waals surface area (Å²) in [6.45, 7) is 1.34. The number of carbonyl (C=O) groups is 1. The van der Waals surface area contributed by atoms with Crippen LogP contribution in [0.25, 0.3) is 0 Å². The number of pyridine rings is 1. The maximum absolute atomic E-state index is 12.4. The van der Waals surface area contributed by atoms with Gasteiger partial charge in [-0.25, -0.2) is 9.37 Å². The van der Waals surface area contributed by atoms with Gasteiger partial charge in [-0.2, -0.15) is 0 Å². The Hall–Kier alpha value is -1.45. The van der Waals surface area contributed by atoms with Crippen molar-refractivity contribution in [2.75, 3.05) is 5.32 Å². The van der Waals surface area contributed by atoms with Gasteiger partial charge in [0.1, 0.15) is 11.6 Å². The minimum absolute atomic E-state index is 0.234. The number of anilines is 1. The van der Waals surface area contributed by atoms with Gasteiger partial charge < -0.3 is 5.32 Å². The monoisotopic (exact) mass is 154 g/mol. The lowest BCUT2D eigenvalue weighted by molar-refractivity contribution is -0.114. The van der Waals surface area contributed by atoms with E-state index in [2.05, 4.69) is 10.3 Å². The van der Waals surface area contributed by atoms with Crippen LogP contribution in [0.2, 0.25) is 0 Å². The molecule has 0 saturated carbocycles. The smallest absolute Gasteiger partial charge is 0.222 e. The van der Waals surface area contributed by atoms with Gasteiger partial charge in [-0.05, 0) is 6.07 Å². The number of nitrogens with zero attached hydrogens (tertiary/aromatic N) is 1. The van der Waals surface area contributed by atoms with Crippen molar-refractivity contribution in [1.29, 1.82) is 0 Å². The van der Waals surface area contributed by atoms with Crippen LogP contribution >= 0.6 is 0 Å².